The van der Waals surface area contributed by atoms with Crippen LogP contribution in [0.4, 0.5) is 11.6 Å². The Balaban J connectivity index is 2.18. The molecule has 1 aromatic carbocycles. The third-order valence-corrected chi connectivity index (χ3v) is 3.02. The smallest absolute Gasteiger partial charge is 0.194 e. The van der Waals surface area contributed by atoms with E-state index < -0.39 is 0 Å². The van der Waals surface area contributed by atoms with Gasteiger partial charge in [-0.05, 0) is 31.0 Å². The highest BCUT2D eigenvalue weighted by Gasteiger charge is 2.08. The highest BCUT2D eigenvalue weighted by atomic mass is 16.3. The molecule has 0 spiro atoms. The Bertz CT molecular complexity index is 490. The van der Waals surface area contributed by atoms with Gasteiger partial charge in [-0.3, -0.25) is 0 Å². The Hall–Kier alpha value is -1.64. The zero-order valence-corrected chi connectivity index (χ0v) is 10.5. The zero-order chi connectivity index (χ0) is 12.3. The molecule has 0 saturated carbocycles. The Morgan fingerprint density at radius 2 is 2.12 bits per heavy atom. The summed E-state index contributed by atoms with van der Waals surface area (Å²) in [7, 11) is 0. The molecular weight excluding hydrogens is 212 g/mol. The fourth-order valence-electron chi connectivity index (χ4n) is 2.06. The first-order valence-electron chi connectivity index (χ1n) is 6.28. The summed E-state index contributed by atoms with van der Waals surface area (Å²) in [4.78, 5) is 0. The zero-order valence-electron chi connectivity index (χ0n) is 10.5. The first-order chi connectivity index (χ1) is 8.22. The maximum Gasteiger partial charge on any atom is 0.194 e. The molecule has 0 aliphatic rings. The highest BCUT2D eigenvalue weighted by molar-refractivity contribution is 5.83. The molecule has 1 heterocycles. The molecular formula is C14H20N2O. The van der Waals surface area contributed by atoms with E-state index in [1.165, 1.54) is 6.42 Å². The van der Waals surface area contributed by atoms with Crippen LogP contribution in [0, 0.1) is 0 Å². The third-order valence-electron chi connectivity index (χ3n) is 3.02. The predicted octanol–water partition coefficient (Wildman–Crippen LogP) is 4.01. The summed E-state index contributed by atoms with van der Waals surface area (Å²) in [6.07, 6.45) is 3.45. The topological polar surface area (TPSA) is 51.2 Å². The number of anilines is 2. The van der Waals surface area contributed by atoms with Crippen LogP contribution in [0.3, 0.4) is 0 Å². The summed E-state index contributed by atoms with van der Waals surface area (Å²) in [6.45, 7) is 4.39. The average Bonchev–Trinajstić information content (AvgIpc) is 2.69. The van der Waals surface area contributed by atoms with Crippen molar-refractivity contribution in [1.29, 1.82) is 0 Å². The summed E-state index contributed by atoms with van der Waals surface area (Å²) in [6, 6.07) is 8.21. The summed E-state index contributed by atoms with van der Waals surface area (Å²) < 4.78 is 5.74. The van der Waals surface area contributed by atoms with Crippen molar-refractivity contribution in [3.8, 4) is 0 Å². The minimum Gasteiger partial charge on any atom is -0.441 e. The number of nitrogens with two attached hydrogens (primary N) is 1. The second kappa shape index (κ2) is 5.13. The summed E-state index contributed by atoms with van der Waals surface area (Å²) in [5, 5.41) is 4.49. The van der Waals surface area contributed by atoms with Gasteiger partial charge in [0, 0.05) is 23.2 Å². The van der Waals surface area contributed by atoms with Crippen LogP contribution in [0.5, 0.6) is 0 Å². The fourth-order valence-corrected chi connectivity index (χ4v) is 2.06. The van der Waals surface area contributed by atoms with Gasteiger partial charge in [0.05, 0.1) is 0 Å². The van der Waals surface area contributed by atoms with Crippen molar-refractivity contribution in [2.45, 2.75) is 39.2 Å². The summed E-state index contributed by atoms with van der Waals surface area (Å²) >= 11 is 0. The molecule has 0 amide bonds. The van der Waals surface area contributed by atoms with Crippen LogP contribution in [0.2, 0.25) is 0 Å². The number of hydrogen-bond donors (Lipinski definition) is 2. The number of hydrogen-bond acceptors (Lipinski definition) is 3. The third kappa shape index (κ3) is 2.73. The molecule has 0 fully saturated rings. The number of furan rings is 1. The highest BCUT2D eigenvalue weighted by Crippen LogP contribution is 2.26. The van der Waals surface area contributed by atoms with Gasteiger partial charge in [-0.15, -0.1) is 0 Å². The van der Waals surface area contributed by atoms with Gasteiger partial charge in [0.25, 0.3) is 0 Å². The number of nitrogens with one attached hydrogen (secondary N) is 1. The van der Waals surface area contributed by atoms with Crippen LogP contribution >= 0.6 is 0 Å². The molecule has 0 bridgehead atoms. The minimum absolute atomic E-state index is 0.484. The lowest BCUT2D eigenvalue weighted by molar-refractivity contribution is 0.571. The molecule has 2 rings (SSSR count). The molecule has 0 radical (unpaired) electrons. The molecule has 92 valence electrons. The number of nitrogen functional groups attached to an aromatic ring is 1. The van der Waals surface area contributed by atoms with Gasteiger partial charge in [-0.1, -0.05) is 20.3 Å². The van der Waals surface area contributed by atoms with Crippen LogP contribution in [-0.4, -0.2) is 6.04 Å². The lowest BCUT2D eigenvalue weighted by atomic mass is 10.1. The first kappa shape index (κ1) is 11.8. The van der Waals surface area contributed by atoms with Crippen LogP contribution in [0.15, 0.2) is 28.7 Å². The Morgan fingerprint density at radius 3 is 2.82 bits per heavy atom. The van der Waals surface area contributed by atoms with E-state index >= 15 is 0 Å². The average molecular weight is 232 g/mol. The summed E-state index contributed by atoms with van der Waals surface area (Å²) in [5.41, 5.74) is 7.40. The van der Waals surface area contributed by atoms with Crippen molar-refractivity contribution in [2.24, 2.45) is 0 Å². The predicted molar refractivity (Wildman–Crippen MR) is 73.2 cm³/mol. The summed E-state index contributed by atoms with van der Waals surface area (Å²) in [5.74, 6) is 0.839. The molecule has 1 unspecified atom stereocenters. The van der Waals surface area contributed by atoms with Gasteiger partial charge in [-0.2, -0.15) is 0 Å². The van der Waals surface area contributed by atoms with Crippen molar-refractivity contribution in [1.82, 2.24) is 0 Å². The lowest BCUT2D eigenvalue weighted by Crippen LogP contribution is -2.17. The van der Waals surface area contributed by atoms with Gasteiger partial charge in [0.2, 0.25) is 0 Å². The van der Waals surface area contributed by atoms with Gasteiger partial charge in [0.1, 0.15) is 5.58 Å². The van der Waals surface area contributed by atoms with Gasteiger partial charge in [0.15, 0.2) is 5.88 Å². The van der Waals surface area contributed by atoms with Crippen molar-refractivity contribution < 1.29 is 4.42 Å². The van der Waals surface area contributed by atoms with E-state index in [0.29, 0.717) is 6.04 Å². The lowest BCUT2D eigenvalue weighted by Gasteiger charge is -2.14. The van der Waals surface area contributed by atoms with E-state index in [0.717, 1.165) is 35.4 Å². The van der Waals surface area contributed by atoms with Crippen molar-refractivity contribution in [2.75, 3.05) is 11.1 Å². The van der Waals surface area contributed by atoms with Crippen LogP contribution < -0.4 is 11.1 Å². The van der Waals surface area contributed by atoms with E-state index in [9.17, 15) is 0 Å². The van der Waals surface area contributed by atoms with Gasteiger partial charge < -0.3 is 15.5 Å². The van der Waals surface area contributed by atoms with Crippen LogP contribution in [0.1, 0.15) is 33.1 Å². The van der Waals surface area contributed by atoms with E-state index in [1.54, 1.807) is 0 Å². The number of rotatable bonds is 5. The Labute approximate surface area is 102 Å². The minimum atomic E-state index is 0.484. The second-order valence-electron chi connectivity index (χ2n) is 4.45. The van der Waals surface area contributed by atoms with Crippen molar-refractivity contribution in [3.05, 3.63) is 24.3 Å². The standard InChI is InChI=1S/C14H20N2O/c1-3-5-12(4-2)16-14-9-10-8-11(15)6-7-13(10)17-14/h6-9,12,16H,3-5,15H2,1-2H3. The Morgan fingerprint density at radius 1 is 1.29 bits per heavy atom. The molecule has 0 aliphatic carbocycles. The molecule has 17 heavy (non-hydrogen) atoms. The van der Waals surface area contributed by atoms with Gasteiger partial charge in [-0.25, -0.2) is 0 Å². The molecule has 3 heteroatoms. The van der Waals surface area contributed by atoms with E-state index in [-0.39, 0.29) is 0 Å². The molecule has 3 N–H and O–H groups in total. The molecule has 1 aromatic heterocycles. The second-order valence-corrected chi connectivity index (χ2v) is 4.45. The van der Waals surface area contributed by atoms with E-state index in [1.807, 2.05) is 24.3 Å². The molecule has 0 saturated heterocycles. The maximum atomic E-state index is 5.75. The SMILES string of the molecule is CCCC(CC)Nc1cc2cc(N)ccc2o1. The monoisotopic (exact) mass is 232 g/mol. The molecule has 0 aliphatic heterocycles. The van der Waals surface area contributed by atoms with Crippen LogP contribution in [-0.2, 0) is 0 Å². The van der Waals surface area contributed by atoms with E-state index in [4.69, 9.17) is 10.2 Å². The fraction of sp³-hybridized carbons (Fsp3) is 0.429. The largest absolute Gasteiger partial charge is 0.441 e. The van der Waals surface area contributed by atoms with E-state index in [2.05, 4.69) is 19.2 Å². The first-order valence-corrected chi connectivity index (χ1v) is 6.28. The molecule has 3 nitrogen and oxygen atoms in total. The maximum absolute atomic E-state index is 5.75. The molecule has 2 aromatic rings. The van der Waals surface area contributed by atoms with Crippen LogP contribution in [0.25, 0.3) is 11.0 Å². The quantitative estimate of drug-likeness (QED) is 0.766. The Kier molecular flexibility index (Phi) is 3.57. The van der Waals surface area contributed by atoms with Crippen molar-refractivity contribution >= 4 is 22.5 Å². The van der Waals surface area contributed by atoms with Gasteiger partial charge >= 0.3 is 0 Å². The van der Waals surface area contributed by atoms with Crippen molar-refractivity contribution in [3.63, 3.8) is 0 Å². The number of fused-ring (bicyclic) bond motifs is 1. The number of benzene rings is 1. The molecule has 1 atom stereocenters. The normalized spacial score (nSPS) is 12.8.